The number of nitrogens with zero attached hydrogens (tertiary/aromatic N) is 1. The summed E-state index contributed by atoms with van der Waals surface area (Å²) in [7, 11) is 0. The normalized spacial score (nSPS) is 16.9. The Morgan fingerprint density at radius 1 is 1.55 bits per heavy atom. The van der Waals surface area contributed by atoms with Crippen molar-refractivity contribution in [3.8, 4) is 0 Å². The Hall–Kier alpha value is -2.15. The van der Waals surface area contributed by atoms with Crippen molar-refractivity contribution in [2.75, 3.05) is 19.8 Å². The molecule has 1 fully saturated rings. The van der Waals surface area contributed by atoms with Gasteiger partial charge in [-0.2, -0.15) is 0 Å². The highest BCUT2D eigenvalue weighted by atomic mass is 16.5. The summed E-state index contributed by atoms with van der Waals surface area (Å²) >= 11 is 0. The maximum Gasteiger partial charge on any atom is 0.262 e. The molecule has 2 N–H and O–H groups in total. The lowest BCUT2D eigenvalue weighted by atomic mass is 9.88. The van der Waals surface area contributed by atoms with E-state index in [-0.39, 0.29) is 33.5 Å². The molecule has 7 heteroatoms. The van der Waals surface area contributed by atoms with Gasteiger partial charge in [-0.3, -0.25) is 9.59 Å². The first kappa shape index (κ1) is 12.9. The van der Waals surface area contributed by atoms with Gasteiger partial charge >= 0.3 is 0 Å². The van der Waals surface area contributed by atoms with Crippen LogP contribution in [0.1, 0.15) is 23.0 Å². The molecule has 0 saturated carbocycles. The molecule has 0 aliphatic carbocycles. The maximum atomic E-state index is 12.3. The lowest BCUT2D eigenvalue weighted by Gasteiger charge is -2.37. The van der Waals surface area contributed by atoms with Gasteiger partial charge in [0.2, 0.25) is 5.71 Å². The van der Waals surface area contributed by atoms with Crippen LogP contribution in [0.4, 0.5) is 0 Å². The Morgan fingerprint density at radius 2 is 2.30 bits per heavy atom. The molecule has 0 radical (unpaired) electrons. The summed E-state index contributed by atoms with van der Waals surface area (Å²) in [5.74, 6) is 0.0598. The average Bonchev–Trinajstić information content (AvgIpc) is 2.71. The largest absolute Gasteiger partial charge is 0.442 e. The summed E-state index contributed by atoms with van der Waals surface area (Å²) < 4.78 is 10.5. The lowest BCUT2D eigenvalue weighted by Crippen LogP contribution is -2.48. The van der Waals surface area contributed by atoms with Gasteiger partial charge in [-0.15, -0.1) is 0 Å². The SMILES string of the molecule is Cc1oc2nc[nH]c(=O)c2c1C(=O)NCC1(C)COC1. The zero-order chi connectivity index (χ0) is 14.3. The minimum Gasteiger partial charge on any atom is -0.442 e. The Kier molecular flexibility index (Phi) is 2.86. The van der Waals surface area contributed by atoms with Crippen LogP contribution < -0.4 is 10.9 Å². The summed E-state index contributed by atoms with van der Waals surface area (Å²) in [6, 6.07) is 0. The van der Waals surface area contributed by atoms with Gasteiger partial charge in [0.05, 0.1) is 25.1 Å². The van der Waals surface area contributed by atoms with E-state index in [4.69, 9.17) is 9.15 Å². The van der Waals surface area contributed by atoms with Crippen LogP contribution in [0.5, 0.6) is 0 Å². The number of amides is 1. The van der Waals surface area contributed by atoms with E-state index >= 15 is 0 Å². The quantitative estimate of drug-likeness (QED) is 0.855. The van der Waals surface area contributed by atoms with Crippen LogP contribution >= 0.6 is 0 Å². The van der Waals surface area contributed by atoms with E-state index in [0.717, 1.165) is 0 Å². The fourth-order valence-electron chi connectivity index (χ4n) is 2.26. The molecule has 7 nitrogen and oxygen atoms in total. The third kappa shape index (κ3) is 2.00. The molecule has 2 aromatic heterocycles. The zero-order valence-corrected chi connectivity index (χ0v) is 11.3. The third-order valence-corrected chi connectivity index (χ3v) is 3.47. The standard InChI is InChI=1S/C13H15N3O4/c1-7-8(9-11(18)15-6-16-12(9)20-7)10(17)14-3-13(2)4-19-5-13/h6H,3-5H2,1-2H3,(H,14,17)(H,15,16,18). The second-order valence-corrected chi connectivity index (χ2v) is 5.43. The minimum atomic E-state index is -0.379. The summed E-state index contributed by atoms with van der Waals surface area (Å²) in [5, 5.41) is 3.02. The van der Waals surface area contributed by atoms with Crippen molar-refractivity contribution < 1.29 is 13.9 Å². The van der Waals surface area contributed by atoms with Crippen molar-refractivity contribution in [2.24, 2.45) is 5.41 Å². The number of nitrogens with one attached hydrogen (secondary N) is 2. The van der Waals surface area contributed by atoms with Gasteiger partial charge in [-0.25, -0.2) is 4.98 Å². The van der Waals surface area contributed by atoms with Gasteiger partial charge in [-0.05, 0) is 6.92 Å². The number of hydrogen-bond acceptors (Lipinski definition) is 5. The zero-order valence-electron chi connectivity index (χ0n) is 11.3. The highest BCUT2D eigenvalue weighted by molar-refractivity contribution is 6.06. The molecule has 0 spiro atoms. The number of hydrogen-bond donors (Lipinski definition) is 2. The van der Waals surface area contributed by atoms with Crippen LogP contribution in [0.15, 0.2) is 15.5 Å². The summed E-state index contributed by atoms with van der Waals surface area (Å²) in [6.45, 7) is 5.42. The first-order valence-electron chi connectivity index (χ1n) is 6.33. The highest BCUT2D eigenvalue weighted by Crippen LogP contribution is 2.26. The minimum absolute atomic E-state index is 0.0340. The number of H-pyrrole nitrogens is 1. The first-order chi connectivity index (χ1) is 9.50. The fraction of sp³-hybridized carbons (Fsp3) is 0.462. The van der Waals surface area contributed by atoms with E-state index in [1.807, 2.05) is 6.92 Å². The molecule has 20 heavy (non-hydrogen) atoms. The number of fused-ring (bicyclic) bond motifs is 1. The van der Waals surface area contributed by atoms with Crippen molar-refractivity contribution in [1.29, 1.82) is 0 Å². The molecule has 106 valence electrons. The molecule has 0 aromatic carbocycles. The van der Waals surface area contributed by atoms with Gasteiger partial charge in [0.15, 0.2) is 0 Å². The number of rotatable bonds is 3. The molecule has 0 bridgehead atoms. The second-order valence-electron chi connectivity index (χ2n) is 5.43. The predicted octanol–water partition coefficient (Wildman–Crippen LogP) is 0.591. The van der Waals surface area contributed by atoms with Crippen LogP contribution in [-0.2, 0) is 4.74 Å². The Bertz CT molecular complexity index is 727. The summed E-state index contributed by atoms with van der Waals surface area (Å²) in [5.41, 5.74) is 0.0105. The van der Waals surface area contributed by atoms with E-state index in [1.165, 1.54) is 6.33 Å². The lowest BCUT2D eigenvalue weighted by molar-refractivity contribution is -0.0978. The molecule has 0 unspecified atom stereocenters. The highest BCUT2D eigenvalue weighted by Gasteiger charge is 2.34. The fourth-order valence-corrected chi connectivity index (χ4v) is 2.26. The topological polar surface area (TPSA) is 97.2 Å². The van der Waals surface area contributed by atoms with Crippen LogP contribution in [0.2, 0.25) is 0 Å². The van der Waals surface area contributed by atoms with Gasteiger partial charge in [0.1, 0.15) is 11.1 Å². The van der Waals surface area contributed by atoms with E-state index in [2.05, 4.69) is 15.3 Å². The molecule has 1 aliphatic rings. The van der Waals surface area contributed by atoms with Crippen LogP contribution in [-0.4, -0.2) is 35.6 Å². The molecule has 2 aromatic rings. The molecular weight excluding hydrogens is 262 g/mol. The van der Waals surface area contributed by atoms with E-state index in [1.54, 1.807) is 6.92 Å². The van der Waals surface area contributed by atoms with Gasteiger partial charge in [0, 0.05) is 12.0 Å². The van der Waals surface area contributed by atoms with Crippen LogP contribution in [0.25, 0.3) is 11.1 Å². The van der Waals surface area contributed by atoms with Crippen molar-refractivity contribution in [1.82, 2.24) is 15.3 Å². The molecule has 1 aliphatic heterocycles. The molecule has 1 saturated heterocycles. The van der Waals surface area contributed by atoms with Crippen molar-refractivity contribution in [3.05, 3.63) is 28.0 Å². The third-order valence-electron chi connectivity index (χ3n) is 3.47. The average molecular weight is 277 g/mol. The Labute approximate surface area is 114 Å². The Morgan fingerprint density at radius 3 is 2.95 bits per heavy atom. The molecule has 1 amide bonds. The van der Waals surface area contributed by atoms with E-state index in [0.29, 0.717) is 25.5 Å². The molecule has 3 rings (SSSR count). The number of carbonyl (C=O) groups excluding carboxylic acids is 1. The molecule has 3 heterocycles. The van der Waals surface area contributed by atoms with Crippen molar-refractivity contribution in [2.45, 2.75) is 13.8 Å². The number of aryl methyl sites for hydroxylation is 1. The van der Waals surface area contributed by atoms with E-state index < -0.39 is 0 Å². The molecular formula is C13H15N3O4. The van der Waals surface area contributed by atoms with Gasteiger partial charge in [-0.1, -0.05) is 6.92 Å². The number of aromatic nitrogens is 2. The number of furan rings is 1. The van der Waals surface area contributed by atoms with Crippen LogP contribution in [0.3, 0.4) is 0 Å². The maximum absolute atomic E-state index is 12.3. The predicted molar refractivity (Wildman–Crippen MR) is 70.6 cm³/mol. The van der Waals surface area contributed by atoms with Crippen LogP contribution in [0, 0.1) is 12.3 Å². The van der Waals surface area contributed by atoms with Gasteiger partial charge in [0.25, 0.3) is 11.5 Å². The monoisotopic (exact) mass is 277 g/mol. The van der Waals surface area contributed by atoms with E-state index in [9.17, 15) is 9.59 Å². The smallest absolute Gasteiger partial charge is 0.262 e. The van der Waals surface area contributed by atoms with Gasteiger partial charge < -0.3 is 19.5 Å². The number of carbonyl (C=O) groups is 1. The second kappa shape index (κ2) is 4.45. The van der Waals surface area contributed by atoms with Crippen molar-refractivity contribution in [3.63, 3.8) is 0 Å². The summed E-state index contributed by atoms with van der Waals surface area (Å²) in [4.78, 5) is 30.5. The van der Waals surface area contributed by atoms with Crippen molar-refractivity contribution >= 4 is 17.0 Å². The summed E-state index contributed by atoms with van der Waals surface area (Å²) in [6.07, 6.45) is 1.25. The molecule has 0 atom stereocenters. The first-order valence-corrected chi connectivity index (χ1v) is 6.33. The Balaban J connectivity index is 1.91. The number of ether oxygens (including phenoxy) is 1. The number of aromatic amines is 1.